The summed E-state index contributed by atoms with van der Waals surface area (Å²) in [5.41, 5.74) is 4.62. The first kappa shape index (κ1) is 35.4. The summed E-state index contributed by atoms with van der Waals surface area (Å²) in [5, 5.41) is 14.9. The molecule has 0 aliphatic carbocycles. The third-order valence-corrected chi connectivity index (χ3v) is 9.73. The van der Waals surface area contributed by atoms with Gasteiger partial charge in [0.25, 0.3) is 0 Å². The number of halogens is 1. The monoisotopic (exact) mass is 701 g/mol. The highest BCUT2D eigenvalue weighted by molar-refractivity contribution is 6.32. The van der Waals surface area contributed by atoms with Gasteiger partial charge in [-0.1, -0.05) is 29.8 Å². The van der Waals surface area contributed by atoms with Crippen molar-refractivity contribution < 1.29 is 24.2 Å². The number of fused-ring (bicyclic) bond motifs is 1. The topological polar surface area (TPSA) is 97.8 Å². The number of allylic oxidation sites excluding steroid dienone is 1. The van der Waals surface area contributed by atoms with E-state index in [4.69, 9.17) is 21.1 Å². The summed E-state index contributed by atoms with van der Waals surface area (Å²) in [6.45, 7) is 13.6. The molecule has 3 aromatic rings. The molecule has 2 N–H and O–H groups in total. The predicted octanol–water partition coefficient (Wildman–Crippen LogP) is 7.25. The average Bonchev–Trinajstić information content (AvgIpc) is 3.53. The van der Waals surface area contributed by atoms with Crippen molar-refractivity contribution in [2.75, 3.05) is 67.7 Å². The number of phenolic OH excluding ortho intramolecular Hbond substituents is 1. The van der Waals surface area contributed by atoms with E-state index < -0.39 is 5.60 Å². The molecule has 0 bridgehead atoms. The molecule has 1 atom stereocenters. The Morgan fingerprint density at radius 1 is 1.04 bits per heavy atom. The number of amides is 1. The molecular weight excluding hydrogens is 654 g/mol. The number of nitrogens with one attached hydrogen (secondary N) is 1. The van der Waals surface area contributed by atoms with Gasteiger partial charge in [-0.15, -0.1) is 0 Å². The molecule has 6 rings (SSSR count). The van der Waals surface area contributed by atoms with Gasteiger partial charge in [0.05, 0.1) is 30.2 Å². The summed E-state index contributed by atoms with van der Waals surface area (Å²) in [6, 6.07) is 17.9. The van der Waals surface area contributed by atoms with Gasteiger partial charge in [0.2, 0.25) is 0 Å². The molecule has 50 heavy (non-hydrogen) atoms. The molecule has 2 saturated heterocycles. The summed E-state index contributed by atoms with van der Waals surface area (Å²) in [7, 11) is 0. The number of para-hydroxylation sites is 2. The van der Waals surface area contributed by atoms with E-state index >= 15 is 0 Å². The van der Waals surface area contributed by atoms with Gasteiger partial charge in [0.15, 0.2) is 5.78 Å². The number of likely N-dealkylation sites (tertiary alicyclic amines) is 1. The number of ketones is 1. The quantitative estimate of drug-likeness (QED) is 0.177. The van der Waals surface area contributed by atoms with E-state index in [2.05, 4.69) is 44.3 Å². The van der Waals surface area contributed by atoms with E-state index in [0.717, 1.165) is 43.9 Å². The maximum Gasteiger partial charge on any atom is 0.410 e. The van der Waals surface area contributed by atoms with Crippen LogP contribution in [0, 0.1) is 0 Å². The fraction of sp³-hybridized carbons (Fsp3) is 0.436. The Hall–Kier alpha value is -4.41. The van der Waals surface area contributed by atoms with E-state index in [-0.39, 0.29) is 23.2 Å². The van der Waals surface area contributed by atoms with Crippen LogP contribution in [0.2, 0.25) is 5.02 Å². The zero-order valence-electron chi connectivity index (χ0n) is 29.5. The van der Waals surface area contributed by atoms with Gasteiger partial charge in [-0.3, -0.25) is 9.69 Å². The lowest BCUT2D eigenvalue weighted by Crippen LogP contribution is -2.50. The van der Waals surface area contributed by atoms with Gasteiger partial charge < -0.3 is 34.6 Å². The van der Waals surface area contributed by atoms with Crippen LogP contribution in [0.15, 0.2) is 60.7 Å². The first-order valence-corrected chi connectivity index (χ1v) is 17.9. The van der Waals surface area contributed by atoms with Crippen molar-refractivity contribution in [3.63, 3.8) is 0 Å². The molecule has 0 aromatic heterocycles. The largest absolute Gasteiger partial charge is 0.507 e. The molecule has 266 valence electrons. The molecule has 2 fully saturated rings. The summed E-state index contributed by atoms with van der Waals surface area (Å²) >= 11 is 6.68. The first-order valence-electron chi connectivity index (χ1n) is 17.5. The second-order valence-corrected chi connectivity index (χ2v) is 14.5. The van der Waals surface area contributed by atoms with E-state index in [1.54, 1.807) is 23.1 Å². The molecular formula is C39H48ClN5O5. The number of anilines is 3. The number of carbonyl (C=O) groups is 2. The summed E-state index contributed by atoms with van der Waals surface area (Å²) in [6.07, 6.45) is 5.02. The number of carbonyl (C=O) groups excluding carboxylic acids is 2. The lowest BCUT2D eigenvalue weighted by molar-refractivity contribution is 0.0240. The van der Waals surface area contributed by atoms with Crippen LogP contribution in [0.3, 0.4) is 0 Å². The molecule has 3 aliphatic heterocycles. The number of piperazine rings is 1. The third kappa shape index (κ3) is 8.30. The second kappa shape index (κ2) is 15.2. The van der Waals surface area contributed by atoms with Crippen molar-refractivity contribution >= 4 is 46.6 Å². The lowest BCUT2D eigenvalue weighted by atomic mass is 10.0. The highest BCUT2D eigenvalue weighted by Crippen LogP contribution is 2.36. The number of ether oxygens (including phenoxy) is 2. The van der Waals surface area contributed by atoms with Crippen molar-refractivity contribution in [3.8, 4) is 11.5 Å². The van der Waals surface area contributed by atoms with Crippen LogP contribution in [0.25, 0.3) is 6.08 Å². The van der Waals surface area contributed by atoms with E-state index in [1.165, 1.54) is 17.5 Å². The maximum absolute atomic E-state index is 13.5. The summed E-state index contributed by atoms with van der Waals surface area (Å²) < 4.78 is 11.4. The SMILES string of the molecule is CCOc1cc(O)c(C(=O)/C=C/c2ccc(N3CCN(C(=O)OC(C)(C)C)CC3)cc2Cl)cc1CN1CCCC(N2CNc3ccccc32)C1. The zero-order valence-corrected chi connectivity index (χ0v) is 30.2. The lowest BCUT2D eigenvalue weighted by Gasteiger charge is -2.38. The number of nitrogens with zero attached hydrogens (tertiary/aromatic N) is 4. The molecule has 10 nitrogen and oxygen atoms in total. The van der Waals surface area contributed by atoms with Crippen molar-refractivity contribution in [2.45, 2.75) is 58.7 Å². The van der Waals surface area contributed by atoms with Crippen LogP contribution in [-0.2, 0) is 11.3 Å². The van der Waals surface area contributed by atoms with Crippen molar-refractivity contribution in [3.05, 3.63) is 82.4 Å². The van der Waals surface area contributed by atoms with Crippen LogP contribution in [0.1, 0.15) is 62.0 Å². The van der Waals surface area contributed by atoms with Crippen LogP contribution >= 0.6 is 11.6 Å². The van der Waals surface area contributed by atoms with Gasteiger partial charge in [0.1, 0.15) is 17.1 Å². The van der Waals surface area contributed by atoms with Gasteiger partial charge in [-0.25, -0.2) is 4.79 Å². The number of phenols is 1. The molecule has 0 spiro atoms. The molecule has 3 aromatic carbocycles. The Balaban J connectivity index is 1.11. The van der Waals surface area contributed by atoms with Gasteiger partial charge in [0, 0.05) is 67.7 Å². The molecule has 3 heterocycles. The Bertz CT molecular complexity index is 1730. The normalized spacial score (nSPS) is 18.3. The summed E-state index contributed by atoms with van der Waals surface area (Å²) in [4.78, 5) is 34.7. The summed E-state index contributed by atoms with van der Waals surface area (Å²) in [5.74, 6) is 0.156. The van der Waals surface area contributed by atoms with Gasteiger partial charge >= 0.3 is 6.09 Å². The number of hydrogen-bond acceptors (Lipinski definition) is 9. The zero-order chi connectivity index (χ0) is 35.4. The Morgan fingerprint density at radius 3 is 2.56 bits per heavy atom. The average molecular weight is 702 g/mol. The van der Waals surface area contributed by atoms with E-state index in [9.17, 15) is 14.7 Å². The van der Waals surface area contributed by atoms with Crippen molar-refractivity contribution in [1.29, 1.82) is 0 Å². The molecule has 0 radical (unpaired) electrons. The van der Waals surface area contributed by atoms with E-state index in [1.807, 2.05) is 45.9 Å². The molecule has 1 unspecified atom stereocenters. The van der Waals surface area contributed by atoms with Gasteiger partial charge in [-0.05, 0) is 95.1 Å². The second-order valence-electron chi connectivity index (χ2n) is 14.1. The standard InChI is InChI=1S/C39H48ClN5O5/c1-5-49-37-23-36(47)31(21-28(37)24-42-16-8-9-30(25-42)45-26-41-33-10-6-7-11-34(33)45)35(46)15-13-27-12-14-29(22-32(27)40)43-17-19-44(20-18-43)38(48)50-39(2,3)4/h6-7,10-15,21-23,30,41,47H,5,8-9,16-20,24-26H2,1-4H3/b15-13+. The Morgan fingerprint density at radius 2 is 1.82 bits per heavy atom. The minimum atomic E-state index is -0.530. The maximum atomic E-state index is 13.5. The van der Waals surface area contributed by atoms with Crippen molar-refractivity contribution in [1.82, 2.24) is 9.80 Å². The van der Waals surface area contributed by atoms with E-state index in [0.29, 0.717) is 61.7 Å². The van der Waals surface area contributed by atoms with Gasteiger partial charge in [-0.2, -0.15) is 0 Å². The fourth-order valence-electron chi connectivity index (χ4n) is 6.93. The number of piperidine rings is 1. The fourth-order valence-corrected chi connectivity index (χ4v) is 7.16. The Kier molecular flexibility index (Phi) is 10.8. The highest BCUT2D eigenvalue weighted by Gasteiger charge is 2.30. The highest BCUT2D eigenvalue weighted by atomic mass is 35.5. The predicted molar refractivity (Wildman–Crippen MR) is 200 cm³/mol. The Labute approximate surface area is 300 Å². The first-order chi connectivity index (χ1) is 24.0. The number of hydrogen-bond donors (Lipinski definition) is 2. The van der Waals surface area contributed by atoms with Crippen LogP contribution in [0.4, 0.5) is 21.9 Å². The smallest absolute Gasteiger partial charge is 0.410 e. The number of aromatic hydroxyl groups is 1. The molecule has 3 aliphatic rings. The van der Waals surface area contributed by atoms with Crippen LogP contribution in [0.5, 0.6) is 11.5 Å². The third-order valence-electron chi connectivity index (χ3n) is 9.41. The van der Waals surface area contributed by atoms with Crippen molar-refractivity contribution in [2.24, 2.45) is 0 Å². The van der Waals surface area contributed by atoms with Crippen LogP contribution < -0.4 is 19.9 Å². The van der Waals surface area contributed by atoms with Crippen LogP contribution in [-0.4, -0.2) is 91.0 Å². The minimum Gasteiger partial charge on any atom is -0.507 e. The molecule has 11 heteroatoms. The number of benzene rings is 3. The number of rotatable bonds is 9. The molecule has 1 amide bonds. The minimum absolute atomic E-state index is 0.116. The molecule has 0 saturated carbocycles.